The summed E-state index contributed by atoms with van der Waals surface area (Å²) in [5.41, 5.74) is 1.18. The summed E-state index contributed by atoms with van der Waals surface area (Å²) in [6.07, 6.45) is 6.90. The average molecular weight is 419 g/mol. The van der Waals surface area contributed by atoms with E-state index in [1.54, 1.807) is 17.3 Å². The van der Waals surface area contributed by atoms with Crippen LogP contribution in [0.4, 0.5) is 0 Å². The van der Waals surface area contributed by atoms with Gasteiger partial charge in [-0.25, -0.2) is 0 Å². The van der Waals surface area contributed by atoms with Gasteiger partial charge in [-0.3, -0.25) is 14.6 Å². The van der Waals surface area contributed by atoms with Crippen LogP contribution >= 0.6 is 0 Å². The summed E-state index contributed by atoms with van der Waals surface area (Å²) in [4.78, 5) is 32.2. The predicted molar refractivity (Wildman–Crippen MR) is 108 cm³/mol. The number of nitrogens with one attached hydrogen (secondary N) is 1. The van der Waals surface area contributed by atoms with Gasteiger partial charge in [0, 0.05) is 25.5 Å². The summed E-state index contributed by atoms with van der Waals surface area (Å²) in [6.45, 7) is 1.47. The van der Waals surface area contributed by atoms with Crippen LogP contribution in [0, 0.1) is 11.8 Å². The fraction of sp³-hybridized carbons (Fsp3) is 0.348. The van der Waals surface area contributed by atoms with E-state index in [1.165, 1.54) is 0 Å². The first-order chi connectivity index (χ1) is 15.1. The van der Waals surface area contributed by atoms with Crippen LogP contribution in [0.25, 0.3) is 0 Å². The largest absolute Gasteiger partial charge is 0.454 e. The Hall–Kier alpha value is -3.39. The third-order valence-corrected chi connectivity index (χ3v) is 6.51. The number of amides is 2. The average Bonchev–Trinajstić information content (AvgIpc) is 3.54. The monoisotopic (exact) mass is 419 g/mol. The summed E-state index contributed by atoms with van der Waals surface area (Å²) in [7, 11) is 0. The minimum atomic E-state index is -0.725. The number of ether oxygens (including phenoxy) is 3. The molecule has 158 valence electrons. The number of nitrogens with zero attached hydrogens (tertiary/aromatic N) is 2. The van der Waals surface area contributed by atoms with Gasteiger partial charge >= 0.3 is 0 Å². The highest BCUT2D eigenvalue weighted by Gasteiger charge is 2.66. The molecule has 1 spiro atoms. The van der Waals surface area contributed by atoms with Gasteiger partial charge in [-0.2, -0.15) is 0 Å². The van der Waals surface area contributed by atoms with Crippen molar-refractivity contribution in [2.45, 2.75) is 24.8 Å². The Morgan fingerprint density at radius 3 is 2.87 bits per heavy atom. The lowest BCUT2D eigenvalue weighted by molar-refractivity contribution is -0.137. The van der Waals surface area contributed by atoms with Crippen molar-refractivity contribution >= 4 is 11.8 Å². The number of rotatable bonds is 5. The molecule has 2 amide bonds. The second kappa shape index (κ2) is 6.81. The molecule has 8 heteroatoms. The van der Waals surface area contributed by atoms with E-state index in [9.17, 15) is 9.59 Å². The molecule has 0 radical (unpaired) electrons. The normalized spacial score (nSPS) is 29.5. The molecule has 0 aliphatic carbocycles. The van der Waals surface area contributed by atoms with Crippen LogP contribution < -0.4 is 14.8 Å². The molecule has 5 heterocycles. The number of likely N-dealkylation sites (tertiary alicyclic amines) is 1. The molecule has 1 N–H and O–H groups in total. The van der Waals surface area contributed by atoms with Crippen LogP contribution in [-0.2, 0) is 27.4 Å². The Kier molecular flexibility index (Phi) is 4.04. The van der Waals surface area contributed by atoms with Gasteiger partial charge in [0.2, 0.25) is 18.6 Å². The molecule has 31 heavy (non-hydrogen) atoms. The fourth-order valence-electron chi connectivity index (χ4n) is 5.08. The van der Waals surface area contributed by atoms with Gasteiger partial charge in [0.25, 0.3) is 0 Å². The van der Waals surface area contributed by atoms with Gasteiger partial charge in [0.1, 0.15) is 5.60 Å². The van der Waals surface area contributed by atoms with E-state index in [4.69, 9.17) is 14.2 Å². The number of hydrogen-bond donors (Lipinski definition) is 1. The van der Waals surface area contributed by atoms with Crippen molar-refractivity contribution in [3.8, 4) is 11.5 Å². The van der Waals surface area contributed by atoms with Crippen molar-refractivity contribution in [2.75, 3.05) is 13.3 Å². The zero-order valence-electron chi connectivity index (χ0n) is 16.7. The molecule has 1 aromatic carbocycles. The van der Waals surface area contributed by atoms with E-state index in [0.29, 0.717) is 31.1 Å². The molecular formula is C23H21N3O5. The minimum Gasteiger partial charge on any atom is -0.454 e. The summed E-state index contributed by atoms with van der Waals surface area (Å²) >= 11 is 0. The van der Waals surface area contributed by atoms with Gasteiger partial charge in [0.15, 0.2) is 11.5 Å². The molecule has 0 unspecified atom stereocenters. The third kappa shape index (κ3) is 2.90. The Morgan fingerprint density at radius 2 is 2.00 bits per heavy atom. The van der Waals surface area contributed by atoms with E-state index < -0.39 is 17.4 Å². The number of carbonyl (C=O) groups is 2. The lowest BCUT2D eigenvalue weighted by Crippen LogP contribution is -2.43. The lowest BCUT2D eigenvalue weighted by atomic mass is 9.77. The number of benzene rings is 1. The van der Waals surface area contributed by atoms with Gasteiger partial charge in [0.05, 0.1) is 24.5 Å². The highest BCUT2D eigenvalue weighted by molar-refractivity contribution is 5.93. The van der Waals surface area contributed by atoms with Crippen molar-refractivity contribution < 1.29 is 23.8 Å². The van der Waals surface area contributed by atoms with E-state index >= 15 is 0 Å². The van der Waals surface area contributed by atoms with Crippen molar-refractivity contribution in [3.05, 3.63) is 66.0 Å². The topological polar surface area (TPSA) is 90.0 Å². The number of pyridine rings is 1. The molecule has 6 rings (SSSR count). The van der Waals surface area contributed by atoms with Crippen LogP contribution in [-0.4, -0.2) is 46.7 Å². The van der Waals surface area contributed by atoms with E-state index in [1.807, 2.05) is 42.5 Å². The maximum Gasteiger partial charge on any atom is 0.231 e. The maximum absolute atomic E-state index is 13.4. The quantitative estimate of drug-likeness (QED) is 0.737. The number of carbonyl (C=O) groups excluding carboxylic acids is 2. The van der Waals surface area contributed by atoms with Crippen LogP contribution in [0.5, 0.6) is 11.5 Å². The van der Waals surface area contributed by atoms with Crippen molar-refractivity contribution in [2.24, 2.45) is 11.8 Å². The molecule has 8 nitrogen and oxygen atoms in total. The van der Waals surface area contributed by atoms with Gasteiger partial charge in [-0.05, 0) is 35.4 Å². The zero-order valence-corrected chi connectivity index (χ0v) is 16.7. The minimum absolute atomic E-state index is 0.0476. The SMILES string of the molecule is O=C(NCc1ccncc1)[C@H]1[C@@H]2C=C[C@@]3(CN(Cc4ccc5c(c4)OCO5)C(=O)[C@H]13)O2. The van der Waals surface area contributed by atoms with E-state index in [0.717, 1.165) is 11.1 Å². The van der Waals surface area contributed by atoms with Gasteiger partial charge < -0.3 is 24.4 Å². The molecule has 2 fully saturated rings. The van der Waals surface area contributed by atoms with Crippen molar-refractivity contribution in [3.63, 3.8) is 0 Å². The number of hydrogen-bond acceptors (Lipinski definition) is 6. The first-order valence-electron chi connectivity index (χ1n) is 10.3. The first kappa shape index (κ1) is 18.4. The third-order valence-electron chi connectivity index (χ3n) is 6.51. The molecule has 2 saturated heterocycles. The summed E-state index contributed by atoms with van der Waals surface area (Å²) in [6, 6.07) is 9.39. The molecular weight excluding hydrogens is 398 g/mol. The molecule has 4 atom stereocenters. The van der Waals surface area contributed by atoms with Crippen molar-refractivity contribution in [1.82, 2.24) is 15.2 Å². The second-order valence-corrected chi connectivity index (χ2v) is 8.36. The molecule has 2 bridgehead atoms. The number of fused-ring (bicyclic) bond motifs is 2. The summed E-state index contributed by atoms with van der Waals surface area (Å²) in [5, 5.41) is 2.97. The van der Waals surface area contributed by atoms with Crippen LogP contribution in [0.3, 0.4) is 0 Å². The lowest BCUT2D eigenvalue weighted by Gasteiger charge is -2.23. The Balaban J connectivity index is 1.19. The first-order valence-corrected chi connectivity index (χ1v) is 10.3. The summed E-state index contributed by atoms with van der Waals surface area (Å²) in [5.74, 6) is 0.163. The highest BCUT2D eigenvalue weighted by atomic mass is 16.7. The molecule has 1 aromatic heterocycles. The smallest absolute Gasteiger partial charge is 0.231 e. The van der Waals surface area contributed by atoms with Gasteiger partial charge in [-0.1, -0.05) is 18.2 Å². The zero-order chi connectivity index (χ0) is 21.0. The van der Waals surface area contributed by atoms with Crippen LogP contribution in [0.2, 0.25) is 0 Å². The van der Waals surface area contributed by atoms with Crippen LogP contribution in [0.1, 0.15) is 11.1 Å². The van der Waals surface area contributed by atoms with E-state index in [-0.39, 0.29) is 24.7 Å². The van der Waals surface area contributed by atoms with Crippen LogP contribution in [0.15, 0.2) is 54.9 Å². The van der Waals surface area contributed by atoms with Crippen molar-refractivity contribution in [1.29, 1.82) is 0 Å². The second-order valence-electron chi connectivity index (χ2n) is 8.36. The van der Waals surface area contributed by atoms with E-state index in [2.05, 4.69) is 10.3 Å². The fourth-order valence-corrected chi connectivity index (χ4v) is 5.08. The molecule has 4 aliphatic rings. The highest BCUT2D eigenvalue weighted by Crippen LogP contribution is 2.52. The molecule has 2 aromatic rings. The standard InChI is InChI=1S/C23H21N3O5/c27-21(25-10-14-4-7-24-8-5-14)19-17-3-6-23(31-17)12-26(22(28)20(19)23)11-15-1-2-16-18(9-15)30-13-29-16/h1-9,17,19-20H,10-13H2,(H,25,27)/t17-,19-,20-,23-/m0/s1. The Bertz CT molecular complexity index is 1090. The Labute approximate surface area is 178 Å². The van der Waals surface area contributed by atoms with Gasteiger partial charge in [-0.15, -0.1) is 0 Å². The molecule has 4 aliphatic heterocycles. The Morgan fingerprint density at radius 1 is 1.16 bits per heavy atom. The number of aromatic nitrogens is 1. The maximum atomic E-state index is 13.4. The predicted octanol–water partition coefficient (Wildman–Crippen LogP) is 1.41. The summed E-state index contributed by atoms with van der Waals surface area (Å²) < 4.78 is 17.0. The molecule has 0 saturated carbocycles.